The van der Waals surface area contributed by atoms with Crippen molar-refractivity contribution in [3.63, 3.8) is 0 Å². The summed E-state index contributed by atoms with van der Waals surface area (Å²) in [6, 6.07) is 17.6. The first-order valence-corrected chi connectivity index (χ1v) is 10.2. The molecule has 0 aliphatic heterocycles. The normalized spacial score (nSPS) is 11.6. The second-order valence-electron chi connectivity index (χ2n) is 7.29. The smallest absolute Gasteiger partial charge is 0.119 e. The highest BCUT2D eigenvalue weighted by Gasteiger charge is 2.10. The Labute approximate surface area is 180 Å². The van der Waals surface area contributed by atoms with Crippen molar-refractivity contribution in [2.45, 2.75) is 26.4 Å². The molecule has 2 aromatic carbocycles. The minimum absolute atomic E-state index is 0.397. The van der Waals surface area contributed by atoms with Crippen LogP contribution in [0.4, 0.5) is 0 Å². The Bertz CT molecular complexity index is 1190. The summed E-state index contributed by atoms with van der Waals surface area (Å²) in [6.07, 6.45) is 6.36. The highest BCUT2D eigenvalue weighted by molar-refractivity contribution is 6.11. The Morgan fingerprint density at radius 3 is 2.74 bits per heavy atom. The monoisotopic (exact) mass is 412 g/mol. The Kier molecular flexibility index (Phi) is 6.08. The number of aromatic nitrogens is 3. The van der Waals surface area contributed by atoms with Crippen LogP contribution >= 0.6 is 0 Å². The highest BCUT2D eigenvalue weighted by Crippen LogP contribution is 2.19. The van der Waals surface area contributed by atoms with Crippen molar-refractivity contribution in [2.24, 2.45) is 0 Å². The van der Waals surface area contributed by atoms with Gasteiger partial charge in [-0.2, -0.15) is 0 Å². The summed E-state index contributed by atoms with van der Waals surface area (Å²) in [5.74, 6) is 1.19. The molecule has 6 nitrogen and oxygen atoms in total. The van der Waals surface area contributed by atoms with Gasteiger partial charge in [0, 0.05) is 12.0 Å². The zero-order valence-electron chi connectivity index (χ0n) is 17.3. The molecule has 3 N–H and O–H groups in total. The van der Waals surface area contributed by atoms with E-state index in [0.717, 1.165) is 39.9 Å². The Morgan fingerprint density at radius 1 is 1.13 bits per heavy atom. The fraction of sp³-hybridized carbons (Fsp3) is 0.160. The molecule has 0 saturated carbocycles. The number of ether oxygens (including phenoxy) is 1. The van der Waals surface area contributed by atoms with Gasteiger partial charge in [0.15, 0.2) is 0 Å². The average molecular weight is 412 g/mol. The standard InChI is InChI=1S/C25H24N4O2/c1-2-20(30)9-6-17-7-10-21(11-8-17)31-15-18-4-3-5-19(12-18)25(26)23-13-22-24(29-23)14-27-16-28-22/h2-5,7-8,10-14,16,26,29-30H,6,9,15H2,1H3/b20-2+,26-25?. The number of hydrogen-bond donors (Lipinski definition) is 3. The van der Waals surface area contributed by atoms with E-state index in [1.807, 2.05) is 61.5 Å². The van der Waals surface area contributed by atoms with Gasteiger partial charge in [-0.25, -0.2) is 9.97 Å². The van der Waals surface area contributed by atoms with Crippen LogP contribution in [0, 0.1) is 5.41 Å². The quantitative estimate of drug-likeness (QED) is 0.269. The van der Waals surface area contributed by atoms with E-state index in [4.69, 9.17) is 10.1 Å². The molecule has 0 amide bonds. The Balaban J connectivity index is 1.40. The SMILES string of the molecule is C/C=C(/O)CCc1ccc(OCc2cccc(C(=N)c3cc4ncncc4[nH]3)c2)cc1. The summed E-state index contributed by atoms with van der Waals surface area (Å²) in [5, 5.41) is 18.1. The van der Waals surface area contributed by atoms with Crippen LogP contribution in [0.3, 0.4) is 0 Å². The maximum absolute atomic E-state index is 9.57. The first-order valence-electron chi connectivity index (χ1n) is 10.2. The van der Waals surface area contributed by atoms with E-state index in [2.05, 4.69) is 15.0 Å². The van der Waals surface area contributed by atoms with Gasteiger partial charge in [0.05, 0.1) is 34.4 Å². The van der Waals surface area contributed by atoms with Crippen molar-refractivity contribution in [1.29, 1.82) is 5.41 Å². The maximum Gasteiger partial charge on any atom is 0.119 e. The van der Waals surface area contributed by atoms with Crippen LogP contribution in [0.15, 0.2) is 79.0 Å². The third kappa shape index (κ3) is 4.98. The molecule has 0 fully saturated rings. The summed E-state index contributed by atoms with van der Waals surface area (Å²) in [7, 11) is 0. The third-order valence-electron chi connectivity index (χ3n) is 5.11. The average Bonchev–Trinajstić information content (AvgIpc) is 3.26. The molecule has 0 radical (unpaired) electrons. The molecule has 2 heterocycles. The van der Waals surface area contributed by atoms with Crippen LogP contribution in [0.1, 0.15) is 35.7 Å². The Hall–Kier alpha value is -3.93. The molecule has 0 aliphatic rings. The van der Waals surface area contributed by atoms with Gasteiger partial charge in [0.1, 0.15) is 18.7 Å². The molecule has 0 bridgehead atoms. The number of hydrogen-bond acceptors (Lipinski definition) is 5. The van der Waals surface area contributed by atoms with Gasteiger partial charge < -0.3 is 14.8 Å². The van der Waals surface area contributed by atoms with E-state index in [1.54, 1.807) is 12.3 Å². The molecule has 0 saturated heterocycles. The summed E-state index contributed by atoms with van der Waals surface area (Å²) in [4.78, 5) is 11.4. The molecule has 0 atom stereocenters. The van der Waals surface area contributed by atoms with Gasteiger partial charge in [-0.3, -0.25) is 5.41 Å². The largest absolute Gasteiger partial charge is 0.513 e. The van der Waals surface area contributed by atoms with E-state index < -0.39 is 0 Å². The van der Waals surface area contributed by atoms with Crippen LogP contribution in [-0.2, 0) is 13.0 Å². The molecule has 4 aromatic rings. The minimum atomic E-state index is 0.397. The van der Waals surface area contributed by atoms with Gasteiger partial charge in [0.25, 0.3) is 0 Å². The Morgan fingerprint density at radius 2 is 1.97 bits per heavy atom. The van der Waals surface area contributed by atoms with Gasteiger partial charge in [-0.15, -0.1) is 0 Å². The number of fused-ring (bicyclic) bond motifs is 1. The first-order chi connectivity index (χ1) is 15.1. The lowest BCUT2D eigenvalue weighted by atomic mass is 10.0. The molecule has 31 heavy (non-hydrogen) atoms. The van der Waals surface area contributed by atoms with Crippen LogP contribution in [0.25, 0.3) is 11.0 Å². The molecule has 0 aliphatic carbocycles. The number of aliphatic hydroxyl groups is 1. The predicted molar refractivity (Wildman–Crippen MR) is 122 cm³/mol. The number of nitrogens with one attached hydrogen (secondary N) is 2. The minimum Gasteiger partial charge on any atom is -0.513 e. The lowest BCUT2D eigenvalue weighted by molar-refractivity contribution is 0.306. The number of rotatable bonds is 8. The number of aliphatic hydroxyl groups excluding tert-OH is 1. The van der Waals surface area contributed by atoms with Gasteiger partial charge in [-0.1, -0.05) is 30.3 Å². The van der Waals surface area contributed by atoms with Crippen LogP contribution < -0.4 is 4.74 Å². The van der Waals surface area contributed by atoms with Crippen molar-refractivity contribution < 1.29 is 9.84 Å². The number of allylic oxidation sites excluding steroid dienone is 2. The number of H-pyrrole nitrogens is 1. The number of benzene rings is 2. The third-order valence-corrected chi connectivity index (χ3v) is 5.11. The molecular weight excluding hydrogens is 388 g/mol. The van der Waals surface area contributed by atoms with Crippen molar-refractivity contribution in [1.82, 2.24) is 15.0 Å². The van der Waals surface area contributed by atoms with E-state index >= 15 is 0 Å². The molecular formula is C25H24N4O2. The molecule has 2 aromatic heterocycles. The molecule has 0 spiro atoms. The lowest BCUT2D eigenvalue weighted by Crippen LogP contribution is -2.03. The second-order valence-corrected chi connectivity index (χ2v) is 7.29. The summed E-state index contributed by atoms with van der Waals surface area (Å²) in [6.45, 7) is 2.25. The first kappa shape index (κ1) is 20.3. The number of aromatic amines is 1. The van der Waals surface area contributed by atoms with Crippen LogP contribution in [0.2, 0.25) is 0 Å². The molecule has 6 heteroatoms. The van der Waals surface area contributed by atoms with Crippen molar-refractivity contribution in [3.8, 4) is 5.75 Å². The number of aryl methyl sites for hydroxylation is 1. The van der Waals surface area contributed by atoms with Gasteiger partial charge in [0.2, 0.25) is 0 Å². The van der Waals surface area contributed by atoms with E-state index in [-0.39, 0.29) is 0 Å². The van der Waals surface area contributed by atoms with Crippen LogP contribution in [-0.4, -0.2) is 25.8 Å². The zero-order valence-corrected chi connectivity index (χ0v) is 17.3. The number of nitrogens with zero attached hydrogens (tertiary/aromatic N) is 2. The molecule has 0 unspecified atom stereocenters. The van der Waals surface area contributed by atoms with Crippen LogP contribution in [0.5, 0.6) is 5.75 Å². The van der Waals surface area contributed by atoms with E-state index in [1.165, 1.54) is 6.33 Å². The van der Waals surface area contributed by atoms with E-state index in [0.29, 0.717) is 30.2 Å². The predicted octanol–water partition coefficient (Wildman–Crippen LogP) is 5.35. The molecule has 4 rings (SSSR count). The summed E-state index contributed by atoms with van der Waals surface area (Å²) >= 11 is 0. The second kappa shape index (κ2) is 9.26. The fourth-order valence-electron chi connectivity index (χ4n) is 3.31. The topological polar surface area (TPSA) is 94.9 Å². The van der Waals surface area contributed by atoms with Crippen molar-refractivity contribution in [3.05, 3.63) is 101 Å². The summed E-state index contributed by atoms with van der Waals surface area (Å²) in [5.41, 5.74) is 5.64. The zero-order chi connectivity index (χ0) is 21.6. The molecule has 156 valence electrons. The van der Waals surface area contributed by atoms with Gasteiger partial charge in [-0.05, 0) is 54.8 Å². The summed E-state index contributed by atoms with van der Waals surface area (Å²) < 4.78 is 5.92. The van der Waals surface area contributed by atoms with Crippen molar-refractivity contribution in [2.75, 3.05) is 0 Å². The lowest BCUT2D eigenvalue weighted by Gasteiger charge is -2.09. The maximum atomic E-state index is 9.57. The van der Waals surface area contributed by atoms with E-state index in [9.17, 15) is 5.11 Å². The van der Waals surface area contributed by atoms with Gasteiger partial charge >= 0.3 is 0 Å². The highest BCUT2D eigenvalue weighted by atomic mass is 16.5. The fourth-order valence-corrected chi connectivity index (χ4v) is 3.31. The van der Waals surface area contributed by atoms with Crippen molar-refractivity contribution >= 4 is 16.7 Å².